The number of hydrogen-bond donors (Lipinski definition) is 0. The highest BCUT2D eigenvalue weighted by Gasteiger charge is 2.22. The van der Waals surface area contributed by atoms with Crippen LogP contribution in [0.25, 0.3) is 6.08 Å². The summed E-state index contributed by atoms with van der Waals surface area (Å²) in [5, 5.41) is 0. The van der Waals surface area contributed by atoms with E-state index in [-0.39, 0.29) is 0 Å². The fraction of sp³-hybridized carbons (Fsp3) is 0.556. The van der Waals surface area contributed by atoms with Gasteiger partial charge in [0.1, 0.15) is 0 Å². The molecule has 0 saturated heterocycles. The van der Waals surface area contributed by atoms with Gasteiger partial charge in [-0.05, 0) is 47.8 Å². The van der Waals surface area contributed by atoms with Gasteiger partial charge in [-0.2, -0.15) is 0 Å². The van der Waals surface area contributed by atoms with Crippen LogP contribution in [-0.4, -0.2) is 0 Å². The van der Waals surface area contributed by atoms with Crippen LogP contribution in [0, 0.1) is 5.92 Å². The Bertz CT molecular complexity index is 459. The molecule has 2 aliphatic carbocycles. The Kier molecular flexibility index (Phi) is 3.28. The van der Waals surface area contributed by atoms with Crippen LogP contribution in [0.4, 0.5) is 0 Å². The largest absolute Gasteiger partial charge is 0.0626 e. The van der Waals surface area contributed by atoms with E-state index < -0.39 is 0 Å². The van der Waals surface area contributed by atoms with E-state index >= 15 is 0 Å². The molecule has 18 heavy (non-hydrogen) atoms. The van der Waals surface area contributed by atoms with Gasteiger partial charge in [0.05, 0.1) is 0 Å². The third kappa shape index (κ3) is 2.13. The molecule has 0 atom stereocenters. The Labute approximate surface area is 111 Å². The minimum atomic E-state index is 0.691. The average molecular weight is 240 g/mol. The Hall–Kier alpha value is -1.04. The van der Waals surface area contributed by atoms with Crippen LogP contribution in [-0.2, 0) is 6.42 Å². The van der Waals surface area contributed by atoms with E-state index in [1.807, 2.05) is 0 Å². The maximum Gasteiger partial charge on any atom is -0.00552 e. The summed E-state index contributed by atoms with van der Waals surface area (Å²) in [6.07, 6.45) is 10.8. The molecule has 0 spiro atoms. The quantitative estimate of drug-likeness (QED) is 0.655. The van der Waals surface area contributed by atoms with Gasteiger partial charge in [0, 0.05) is 0 Å². The molecule has 1 aromatic carbocycles. The molecule has 0 heterocycles. The molecule has 2 aliphatic rings. The summed E-state index contributed by atoms with van der Waals surface area (Å²) in [5.41, 5.74) is 6.41. The fourth-order valence-corrected chi connectivity index (χ4v) is 3.56. The number of fused-ring (bicyclic) bond motifs is 1. The van der Waals surface area contributed by atoms with Gasteiger partial charge >= 0.3 is 0 Å². The van der Waals surface area contributed by atoms with Crippen LogP contribution in [0.15, 0.2) is 23.8 Å². The molecule has 0 radical (unpaired) electrons. The van der Waals surface area contributed by atoms with E-state index in [4.69, 9.17) is 0 Å². The van der Waals surface area contributed by atoms with E-state index in [0.717, 1.165) is 5.92 Å². The molecule has 0 heteroatoms. The van der Waals surface area contributed by atoms with Crippen molar-refractivity contribution in [2.24, 2.45) is 5.92 Å². The molecule has 0 aromatic heterocycles. The number of hydrogen-bond acceptors (Lipinski definition) is 0. The molecule has 0 nitrogen and oxygen atoms in total. The van der Waals surface area contributed by atoms with Crippen molar-refractivity contribution in [3.05, 3.63) is 40.5 Å². The van der Waals surface area contributed by atoms with Crippen molar-refractivity contribution in [2.45, 2.75) is 58.3 Å². The Morgan fingerprint density at radius 3 is 2.56 bits per heavy atom. The Morgan fingerprint density at radius 2 is 1.83 bits per heavy atom. The molecule has 1 aromatic rings. The smallest absolute Gasteiger partial charge is 0.00552 e. The molecule has 1 fully saturated rings. The fourth-order valence-electron chi connectivity index (χ4n) is 3.56. The van der Waals surface area contributed by atoms with E-state index in [1.54, 1.807) is 22.3 Å². The molecule has 96 valence electrons. The van der Waals surface area contributed by atoms with Crippen molar-refractivity contribution < 1.29 is 0 Å². The van der Waals surface area contributed by atoms with E-state index in [0.29, 0.717) is 5.92 Å². The second kappa shape index (κ2) is 4.91. The normalized spacial score (nSPS) is 20.1. The van der Waals surface area contributed by atoms with Crippen molar-refractivity contribution >= 4 is 6.08 Å². The summed E-state index contributed by atoms with van der Waals surface area (Å²) >= 11 is 0. The van der Waals surface area contributed by atoms with Crippen molar-refractivity contribution in [1.82, 2.24) is 0 Å². The first-order chi connectivity index (χ1) is 8.75. The highest BCUT2D eigenvalue weighted by molar-refractivity contribution is 5.67. The molecule has 0 unspecified atom stereocenters. The van der Waals surface area contributed by atoms with Gasteiger partial charge in [-0.3, -0.25) is 0 Å². The minimum absolute atomic E-state index is 0.691. The van der Waals surface area contributed by atoms with Gasteiger partial charge in [-0.15, -0.1) is 0 Å². The summed E-state index contributed by atoms with van der Waals surface area (Å²) in [4.78, 5) is 0. The zero-order valence-electron chi connectivity index (χ0n) is 11.7. The van der Waals surface area contributed by atoms with Crippen LogP contribution in [0.1, 0.15) is 68.6 Å². The molecular weight excluding hydrogens is 216 g/mol. The van der Waals surface area contributed by atoms with Crippen LogP contribution < -0.4 is 0 Å². The Morgan fingerprint density at radius 1 is 1.06 bits per heavy atom. The van der Waals surface area contributed by atoms with Crippen molar-refractivity contribution in [2.75, 3.05) is 0 Å². The van der Waals surface area contributed by atoms with Crippen molar-refractivity contribution in [1.29, 1.82) is 0 Å². The SMILES string of the molecule is CC(C)C1=Cc2c(cccc2C2CCCCC2)C1. The van der Waals surface area contributed by atoms with Gasteiger partial charge in [-0.25, -0.2) is 0 Å². The van der Waals surface area contributed by atoms with Gasteiger partial charge in [0.15, 0.2) is 0 Å². The topological polar surface area (TPSA) is 0 Å². The van der Waals surface area contributed by atoms with Gasteiger partial charge in [0.25, 0.3) is 0 Å². The lowest BCUT2D eigenvalue weighted by atomic mass is 9.81. The zero-order valence-corrected chi connectivity index (χ0v) is 11.7. The van der Waals surface area contributed by atoms with E-state index in [9.17, 15) is 0 Å². The zero-order chi connectivity index (χ0) is 12.5. The number of benzene rings is 1. The lowest BCUT2D eigenvalue weighted by Crippen LogP contribution is -2.06. The van der Waals surface area contributed by atoms with Crippen molar-refractivity contribution in [3.8, 4) is 0 Å². The predicted molar refractivity (Wildman–Crippen MR) is 78.8 cm³/mol. The Balaban J connectivity index is 1.95. The minimum Gasteiger partial charge on any atom is -0.0626 e. The molecule has 0 N–H and O–H groups in total. The highest BCUT2D eigenvalue weighted by Crippen LogP contribution is 2.39. The third-order valence-electron chi connectivity index (χ3n) is 4.74. The predicted octanol–water partition coefficient (Wildman–Crippen LogP) is 5.33. The molecule has 3 rings (SSSR count). The maximum atomic E-state index is 2.49. The summed E-state index contributed by atoms with van der Waals surface area (Å²) < 4.78 is 0. The standard InChI is InChI=1S/C18H24/c1-13(2)16-11-15-9-6-10-17(18(15)12-16)14-7-4-3-5-8-14/h6,9-10,12-14H,3-5,7-8,11H2,1-2H3. The highest BCUT2D eigenvalue weighted by atomic mass is 14.3. The van der Waals surface area contributed by atoms with Crippen molar-refractivity contribution in [3.63, 3.8) is 0 Å². The molecular formula is C18H24. The van der Waals surface area contributed by atoms with Crippen LogP contribution in [0.2, 0.25) is 0 Å². The third-order valence-corrected chi connectivity index (χ3v) is 4.74. The van der Waals surface area contributed by atoms with Crippen LogP contribution in [0.3, 0.4) is 0 Å². The maximum absolute atomic E-state index is 2.49. The van der Waals surface area contributed by atoms with Crippen LogP contribution in [0.5, 0.6) is 0 Å². The van der Waals surface area contributed by atoms with Crippen LogP contribution >= 0.6 is 0 Å². The molecule has 1 saturated carbocycles. The molecule has 0 aliphatic heterocycles. The summed E-state index contributed by atoms with van der Waals surface area (Å²) in [6.45, 7) is 4.63. The summed E-state index contributed by atoms with van der Waals surface area (Å²) in [6, 6.07) is 6.99. The number of allylic oxidation sites excluding steroid dienone is 1. The summed E-state index contributed by atoms with van der Waals surface area (Å²) in [5.74, 6) is 1.52. The summed E-state index contributed by atoms with van der Waals surface area (Å²) in [7, 11) is 0. The first kappa shape index (κ1) is 12.0. The molecule has 0 amide bonds. The van der Waals surface area contributed by atoms with E-state index in [1.165, 1.54) is 38.5 Å². The molecule has 0 bridgehead atoms. The van der Waals surface area contributed by atoms with Gasteiger partial charge in [0.2, 0.25) is 0 Å². The lowest BCUT2D eigenvalue weighted by molar-refractivity contribution is 0.443. The number of rotatable bonds is 2. The van der Waals surface area contributed by atoms with Gasteiger partial charge < -0.3 is 0 Å². The second-order valence-electron chi connectivity index (χ2n) is 6.31. The first-order valence-electron chi connectivity index (χ1n) is 7.58. The van der Waals surface area contributed by atoms with Gasteiger partial charge in [-0.1, -0.05) is 63.0 Å². The average Bonchev–Trinajstić information content (AvgIpc) is 2.83. The monoisotopic (exact) mass is 240 g/mol. The lowest BCUT2D eigenvalue weighted by Gasteiger charge is -2.23. The van der Waals surface area contributed by atoms with E-state index in [2.05, 4.69) is 38.1 Å². The first-order valence-corrected chi connectivity index (χ1v) is 7.58. The second-order valence-corrected chi connectivity index (χ2v) is 6.31.